The Bertz CT molecular complexity index is 920. The molecule has 2 aromatic carbocycles. The maximum Gasteiger partial charge on any atom is 0.217 e. The van der Waals surface area contributed by atoms with Gasteiger partial charge in [-0.15, -0.1) is 0 Å². The van der Waals surface area contributed by atoms with E-state index in [1.54, 1.807) is 0 Å². The van der Waals surface area contributed by atoms with E-state index in [1.165, 1.54) is 12.1 Å². The minimum atomic E-state index is -0.898. The molecule has 2 aromatic rings. The molecular weight excluding hydrogens is 386 g/mol. The predicted octanol–water partition coefficient (Wildman–Crippen LogP) is 3.67. The summed E-state index contributed by atoms with van der Waals surface area (Å²) >= 11 is 0. The normalized spacial score (nSPS) is 16.7. The lowest BCUT2D eigenvalue weighted by Gasteiger charge is -2.26. The molecular formula is C24H28F2N2O2. The number of benzene rings is 2. The topological polar surface area (TPSA) is 75.3 Å². The van der Waals surface area contributed by atoms with Gasteiger partial charge >= 0.3 is 0 Å². The van der Waals surface area contributed by atoms with Gasteiger partial charge in [-0.2, -0.15) is 0 Å². The van der Waals surface area contributed by atoms with Crippen molar-refractivity contribution in [3.05, 3.63) is 77.4 Å². The van der Waals surface area contributed by atoms with E-state index in [9.17, 15) is 18.7 Å². The minimum absolute atomic E-state index is 0.0703. The molecule has 0 radical (unpaired) electrons. The van der Waals surface area contributed by atoms with Crippen LogP contribution in [0, 0.1) is 17.6 Å². The van der Waals surface area contributed by atoms with Gasteiger partial charge in [-0.1, -0.05) is 30.4 Å². The van der Waals surface area contributed by atoms with E-state index in [2.05, 4.69) is 24.0 Å². The summed E-state index contributed by atoms with van der Waals surface area (Å²) in [6.45, 7) is 6.19. The van der Waals surface area contributed by atoms with Crippen LogP contribution in [0.25, 0.3) is 5.57 Å². The highest BCUT2D eigenvalue weighted by Crippen LogP contribution is 2.46. The Balaban J connectivity index is 1.69. The average molecular weight is 414 g/mol. The lowest BCUT2D eigenvalue weighted by Crippen LogP contribution is -2.40. The fraction of sp³-hybridized carbons (Fsp3) is 0.375. The summed E-state index contributed by atoms with van der Waals surface area (Å²) in [6, 6.07) is 11.4. The van der Waals surface area contributed by atoms with Gasteiger partial charge < -0.3 is 16.2 Å². The van der Waals surface area contributed by atoms with E-state index < -0.39 is 29.6 Å². The van der Waals surface area contributed by atoms with Crippen LogP contribution in [0.4, 0.5) is 8.78 Å². The van der Waals surface area contributed by atoms with E-state index in [-0.39, 0.29) is 24.9 Å². The van der Waals surface area contributed by atoms with Crippen molar-refractivity contribution < 1.29 is 18.7 Å². The molecule has 1 saturated carbocycles. The Kier molecular flexibility index (Phi) is 6.68. The molecule has 1 aliphatic carbocycles. The number of rotatable bonds is 10. The number of hydrogen-bond acceptors (Lipinski definition) is 3. The molecule has 0 spiro atoms. The third kappa shape index (κ3) is 5.52. The average Bonchev–Trinajstić information content (AvgIpc) is 3.46. The number of carbonyl (C=O) groups is 1. The molecule has 4 N–H and O–H groups in total. The summed E-state index contributed by atoms with van der Waals surface area (Å²) in [6.07, 6.45) is 1.06. The van der Waals surface area contributed by atoms with Gasteiger partial charge in [-0.05, 0) is 67.0 Å². The molecule has 1 fully saturated rings. The smallest absolute Gasteiger partial charge is 0.217 e. The van der Waals surface area contributed by atoms with Gasteiger partial charge in [0.15, 0.2) is 0 Å². The number of halogens is 2. The lowest BCUT2D eigenvalue weighted by molar-refractivity contribution is -0.119. The predicted molar refractivity (Wildman–Crippen MR) is 113 cm³/mol. The quantitative estimate of drug-likeness (QED) is 0.555. The number of carbonyl (C=O) groups excluding carboxylic acids is 1. The van der Waals surface area contributed by atoms with Crippen molar-refractivity contribution in [2.24, 2.45) is 11.7 Å². The van der Waals surface area contributed by atoms with Crippen LogP contribution in [-0.2, 0) is 16.8 Å². The van der Waals surface area contributed by atoms with Crippen LogP contribution in [-0.4, -0.2) is 23.7 Å². The first-order valence-electron chi connectivity index (χ1n) is 10.1. The van der Waals surface area contributed by atoms with Crippen LogP contribution in [0.5, 0.6) is 0 Å². The zero-order chi connectivity index (χ0) is 21.9. The van der Waals surface area contributed by atoms with Gasteiger partial charge in [0.2, 0.25) is 5.91 Å². The van der Waals surface area contributed by atoms with E-state index in [0.717, 1.165) is 35.6 Å². The van der Waals surface area contributed by atoms with Gasteiger partial charge in [0.05, 0.1) is 6.10 Å². The SMILES string of the molecule is C=C(C)c1cccc(C2(NCC(O)C(CC(N)=O)Cc3cc(F)cc(F)c3)CC2)c1. The van der Waals surface area contributed by atoms with Crippen LogP contribution in [0.3, 0.4) is 0 Å². The van der Waals surface area contributed by atoms with E-state index >= 15 is 0 Å². The first-order valence-corrected chi connectivity index (χ1v) is 10.1. The Morgan fingerprint density at radius 2 is 1.90 bits per heavy atom. The Hall–Kier alpha value is -2.57. The van der Waals surface area contributed by atoms with Crippen molar-refractivity contribution in [1.29, 1.82) is 0 Å². The van der Waals surface area contributed by atoms with Crippen molar-refractivity contribution in [1.82, 2.24) is 5.32 Å². The van der Waals surface area contributed by atoms with Crippen LogP contribution in [0.1, 0.15) is 42.9 Å². The number of amides is 1. The summed E-state index contributed by atoms with van der Waals surface area (Å²) in [4.78, 5) is 11.5. The number of aliphatic hydroxyl groups is 1. The van der Waals surface area contributed by atoms with E-state index in [4.69, 9.17) is 5.73 Å². The monoisotopic (exact) mass is 414 g/mol. The second kappa shape index (κ2) is 9.06. The fourth-order valence-corrected chi connectivity index (χ4v) is 3.88. The molecule has 0 saturated heterocycles. The highest BCUT2D eigenvalue weighted by atomic mass is 19.1. The molecule has 0 aliphatic heterocycles. The second-order valence-electron chi connectivity index (χ2n) is 8.30. The molecule has 1 aliphatic rings. The largest absolute Gasteiger partial charge is 0.391 e. The Morgan fingerprint density at radius 3 is 2.47 bits per heavy atom. The van der Waals surface area contributed by atoms with Gasteiger partial charge in [0.25, 0.3) is 0 Å². The molecule has 0 heterocycles. The van der Waals surface area contributed by atoms with Crippen LogP contribution < -0.4 is 11.1 Å². The summed E-state index contributed by atoms with van der Waals surface area (Å²) in [7, 11) is 0. The molecule has 160 valence electrons. The maximum absolute atomic E-state index is 13.5. The summed E-state index contributed by atoms with van der Waals surface area (Å²) in [5.74, 6) is -2.49. The molecule has 30 heavy (non-hydrogen) atoms. The number of hydrogen-bond donors (Lipinski definition) is 3. The Labute approximate surface area is 175 Å². The first kappa shape index (κ1) is 22.1. The van der Waals surface area contributed by atoms with Crippen molar-refractivity contribution in [3.63, 3.8) is 0 Å². The maximum atomic E-state index is 13.5. The van der Waals surface area contributed by atoms with Gasteiger partial charge in [0.1, 0.15) is 11.6 Å². The number of allylic oxidation sites excluding steroid dienone is 1. The second-order valence-corrected chi connectivity index (χ2v) is 8.30. The highest BCUT2D eigenvalue weighted by Gasteiger charge is 2.44. The van der Waals surface area contributed by atoms with Crippen molar-refractivity contribution in [2.45, 2.75) is 44.2 Å². The van der Waals surface area contributed by atoms with Crippen LogP contribution in [0.15, 0.2) is 49.0 Å². The van der Waals surface area contributed by atoms with Crippen molar-refractivity contribution in [2.75, 3.05) is 6.54 Å². The first-order chi connectivity index (χ1) is 14.2. The third-order valence-electron chi connectivity index (χ3n) is 5.74. The van der Waals surface area contributed by atoms with E-state index in [1.807, 2.05) is 19.1 Å². The summed E-state index contributed by atoms with van der Waals surface area (Å²) in [5, 5.41) is 14.2. The molecule has 3 rings (SSSR count). The number of aliphatic hydroxyl groups excluding tert-OH is 1. The fourth-order valence-electron chi connectivity index (χ4n) is 3.88. The standard InChI is InChI=1S/C24H28F2N2O2/c1-15(2)17-4-3-5-19(11-17)24(6-7-24)28-14-22(29)18(12-23(27)30)8-16-9-20(25)13-21(26)10-16/h3-5,9-11,13,18,22,28-29H,1,6-8,12,14H2,2H3,(H2,27,30). The molecule has 2 unspecified atom stereocenters. The van der Waals surface area contributed by atoms with Crippen molar-refractivity contribution >= 4 is 11.5 Å². The Morgan fingerprint density at radius 1 is 1.23 bits per heavy atom. The number of nitrogens with two attached hydrogens (primary N) is 1. The zero-order valence-corrected chi connectivity index (χ0v) is 17.1. The van der Waals surface area contributed by atoms with Gasteiger partial charge in [-0.25, -0.2) is 8.78 Å². The van der Waals surface area contributed by atoms with Gasteiger partial charge in [0, 0.05) is 24.6 Å². The van der Waals surface area contributed by atoms with Gasteiger partial charge in [-0.3, -0.25) is 4.79 Å². The molecule has 2 atom stereocenters. The molecule has 0 aromatic heterocycles. The minimum Gasteiger partial charge on any atom is -0.391 e. The van der Waals surface area contributed by atoms with E-state index in [0.29, 0.717) is 5.56 Å². The molecule has 1 amide bonds. The third-order valence-corrected chi connectivity index (χ3v) is 5.74. The zero-order valence-electron chi connectivity index (χ0n) is 17.1. The number of nitrogens with one attached hydrogen (secondary N) is 1. The van der Waals surface area contributed by atoms with Crippen LogP contribution >= 0.6 is 0 Å². The number of primary amides is 1. The molecule has 4 nitrogen and oxygen atoms in total. The highest BCUT2D eigenvalue weighted by molar-refractivity contribution is 5.74. The lowest BCUT2D eigenvalue weighted by atomic mass is 9.90. The van der Waals surface area contributed by atoms with Crippen LogP contribution in [0.2, 0.25) is 0 Å². The molecule has 0 bridgehead atoms. The van der Waals surface area contributed by atoms with Crippen molar-refractivity contribution in [3.8, 4) is 0 Å². The summed E-state index contributed by atoms with van der Waals surface area (Å²) < 4.78 is 27.0. The summed E-state index contributed by atoms with van der Waals surface area (Å²) in [5.41, 5.74) is 8.70. The molecule has 6 heteroatoms.